The van der Waals surface area contributed by atoms with E-state index in [2.05, 4.69) is 38.7 Å². The quantitative estimate of drug-likeness (QED) is 0.447. The average Bonchev–Trinajstić information content (AvgIpc) is 3.25. The van der Waals surface area contributed by atoms with Crippen LogP contribution in [0.4, 0.5) is 5.82 Å². The summed E-state index contributed by atoms with van der Waals surface area (Å²) in [6.45, 7) is 0. The molecule has 3 heterocycles. The molecule has 3 aromatic heterocycles. The number of anilines is 1. The van der Waals surface area contributed by atoms with Crippen LogP contribution >= 0.6 is 11.3 Å². The van der Waals surface area contributed by atoms with Crippen molar-refractivity contribution in [1.82, 2.24) is 9.97 Å². The van der Waals surface area contributed by atoms with Crippen molar-refractivity contribution in [3.05, 3.63) is 66.9 Å². The summed E-state index contributed by atoms with van der Waals surface area (Å²) in [4.78, 5) is 9.76. The molecule has 0 unspecified atom stereocenters. The topological polar surface area (TPSA) is 63.3 Å². The van der Waals surface area contributed by atoms with Crippen molar-refractivity contribution in [3.63, 3.8) is 0 Å². The molecule has 0 saturated carbocycles. The molecule has 0 aliphatic rings. The first kappa shape index (κ1) is 13.7. The van der Waals surface area contributed by atoms with Crippen molar-refractivity contribution in [2.75, 3.05) is 5.43 Å². The van der Waals surface area contributed by atoms with E-state index in [-0.39, 0.29) is 0 Å². The van der Waals surface area contributed by atoms with E-state index in [0.717, 1.165) is 15.1 Å². The van der Waals surface area contributed by atoms with Crippen molar-refractivity contribution in [1.29, 1.82) is 0 Å². The fourth-order valence-electron chi connectivity index (χ4n) is 2.20. The number of hydrazone groups is 1. The van der Waals surface area contributed by atoms with Crippen LogP contribution in [-0.4, -0.2) is 16.2 Å². The number of benzene rings is 1. The summed E-state index contributed by atoms with van der Waals surface area (Å²) in [5, 5.41) is 4.16. The maximum absolute atomic E-state index is 5.20. The first-order valence-corrected chi connectivity index (χ1v) is 7.84. The summed E-state index contributed by atoms with van der Waals surface area (Å²) in [6, 6.07) is 15.9. The molecule has 112 valence electrons. The van der Waals surface area contributed by atoms with Crippen LogP contribution in [-0.2, 0) is 0 Å². The highest BCUT2D eigenvalue weighted by molar-refractivity contribution is 7.22. The largest absolute Gasteiger partial charge is 0.463 e. The van der Waals surface area contributed by atoms with E-state index in [1.165, 1.54) is 11.9 Å². The standard InChI is InChI=1S/C17H12N4OS/c1-2-5-12(6-3-1)15-9-14-16(23-15)17(19-11-18-14)21-20-10-13-7-4-8-22-13/h1-11H,(H,18,19,21)/b20-10+. The Bertz CT molecular complexity index is 945. The van der Waals surface area contributed by atoms with Crippen LogP contribution < -0.4 is 5.43 Å². The van der Waals surface area contributed by atoms with Crippen molar-refractivity contribution in [2.45, 2.75) is 0 Å². The molecule has 6 heteroatoms. The van der Waals surface area contributed by atoms with Gasteiger partial charge < -0.3 is 4.42 Å². The monoisotopic (exact) mass is 320 g/mol. The minimum absolute atomic E-state index is 0.680. The molecule has 0 saturated heterocycles. The van der Waals surface area contributed by atoms with Crippen molar-refractivity contribution < 1.29 is 4.42 Å². The molecule has 0 bridgehead atoms. The molecule has 0 aliphatic carbocycles. The van der Waals surface area contributed by atoms with E-state index in [1.807, 2.05) is 30.3 Å². The van der Waals surface area contributed by atoms with Gasteiger partial charge in [-0.2, -0.15) is 5.10 Å². The van der Waals surface area contributed by atoms with Crippen LogP contribution in [0.1, 0.15) is 5.76 Å². The third-order valence-corrected chi connectivity index (χ3v) is 4.46. The molecule has 1 N–H and O–H groups in total. The molecule has 0 radical (unpaired) electrons. The van der Waals surface area contributed by atoms with Gasteiger partial charge in [0, 0.05) is 4.88 Å². The van der Waals surface area contributed by atoms with Gasteiger partial charge in [0.1, 0.15) is 12.1 Å². The smallest absolute Gasteiger partial charge is 0.167 e. The second-order valence-corrected chi connectivity index (χ2v) is 5.85. The molecule has 0 fully saturated rings. The predicted octanol–water partition coefficient (Wildman–Crippen LogP) is 4.40. The average molecular weight is 320 g/mol. The summed E-state index contributed by atoms with van der Waals surface area (Å²) in [5.74, 6) is 1.36. The molecule has 4 rings (SSSR count). The Hall–Kier alpha value is -2.99. The second kappa shape index (κ2) is 6.02. The maximum atomic E-state index is 5.20. The number of fused-ring (bicyclic) bond motifs is 1. The van der Waals surface area contributed by atoms with Gasteiger partial charge in [-0.05, 0) is 23.8 Å². The van der Waals surface area contributed by atoms with Crippen LogP contribution in [0.3, 0.4) is 0 Å². The highest BCUT2D eigenvalue weighted by atomic mass is 32.1. The van der Waals surface area contributed by atoms with Gasteiger partial charge in [0.05, 0.1) is 22.7 Å². The Morgan fingerprint density at radius 2 is 2.00 bits per heavy atom. The van der Waals surface area contributed by atoms with Gasteiger partial charge >= 0.3 is 0 Å². The summed E-state index contributed by atoms with van der Waals surface area (Å²) in [6.07, 6.45) is 4.75. The Balaban J connectivity index is 1.66. The first-order chi connectivity index (χ1) is 11.4. The van der Waals surface area contributed by atoms with Gasteiger partial charge in [-0.15, -0.1) is 11.3 Å². The van der Waals surface area contributed by atoms with Gasteiger partial charge in [-0.25, -0.2) is 9.97 Å². The van der Waals surface area contributed by atoms with Crippen molar-refractivity contribution in [2.24, 2.45) is 5.10 Å². The maximum Gasteiger partial charge on any atom is 0.167 e. The third-order valence-electron chi connectivity index (χ3n) is 3.27. The summed E-state index contributed by atoms with van der Waals surface area (Å²) in [5.41, 5.74) is 5.03. The molecule has 0 amide bonds. The number of furan rings is 1. The lowest BCUT2D eigenvalue weighted by Crippen LogP contribution is -1.93. The number of nitrogens with one attached hydrogen (secondary N) is 1. The van der Waals surface area contributed by atoms with E-state index in [4.69, 9.17) is 4.42 Å². The van der Waals surface area contributed by atoms with Gasteiger partial charge in [-0.1, -0.05) is 30.3 Å². The van der Waals surface area contributed by atoms with Gasteiger partial charge in [-0.3, -0.25) is 5.43 Å². The number of hydrogen-bond acceptors (Lipinski definition) is 6. The van der Waals surface area contributed by atoms with E-state index in [0.29, 0.717) is 11.6 Å². The lowest BCUT2D eigenvalue weighted by Gasteiger charge is -1.99. The van der Waals surface area contributed by atoms with Gasteiger partial charge in [0.15, 0.2) is 5.82 Å². The zero-order valence-corrected chi connectivity index (χ0v) is 12.8. The number of rotatable bonds is 4. The SMILES string of the molecule is C(=N\Nc1ncnc2cc(-c3ccccc3)sc12)/c1ccco1. The summed E-state index contributed by atoms with van der Waals surface area (Å²) >= 11 is 1.64. The van der Waals surface area contributed by atoms with Crippen molar-refractivity contribution >= 4 is 33.6 Å². The number of aromatic nitrogens is 2. The van der Waals surface area contributed by atoms with Crippen LogP contribution in [0.5, 0.6) is 0 Å². The summed E-state index contributed by atoms with van der Waals surface area (Å²) in [7, 11) is 0. The summed E-state index contributed by atoms with van der Waals surface area (Å²) < 4.78 is 6.18. The lowest BCUT2D eigenvalue weighted by atomic mass is 10.2. The van der Waals surface area contributed by atoms with Crippen LogP contribution in [0.15, 0.2) is 70.6 Å². The van der Waals surface area contributed by atoms with Crippen molar-refractivity contribution in [3.8, 4) is 10.4 Å². The predicted molar refractivity (Wildman–Crippen MR) is 92.8 cm³/mol. The van der Waals surface area contributed by atoms with Crippen LogP contribution in [0.2, 0.25) is 0 Å². The third kappa shape index (κ3) is 2.84. The molecule has 0 atom stereocenters. The Kier molecular flexibility index (Phi) is 3.57. The molecular formula is C17H12N4OS. The Morgan fingerprint density at radius 3 is 2.83 bits per heavy atom. The second-order valence-electron chi connectivity index (χ2n) is 4.80. The fraction of sp³-hybridized carbons (Fsp3) is 0. The zero-order chi connectivity index (χ0) is 15.5. The minimum atomic E-state index is 0.680. The number of thiophene rings is 1. The molecule has 1 aromatic carbocycles. The molecule has 4 aromatic rings. The van der Waals surface area contributed by atoms with E-state index in [9.17, 15) is 0 Å². The Morgan fingerprint density at radius 1 is 1.09 bits per heavy atom. The number of hydrogen-bond donors (Lipinski definition) is 1. The Labute approximate surface area is 136 Å². The zero-order valence-electron chi connectivity index (χ0n) is 12.0. The molecule has 0 aliphatic heterocycles. The number of nitrogens with zero attached hydrogens (tertiary/aromatic N) is 3. The van der Waals surface area contributed by atoms with Gasteiger partial charge in [0.25, 0.3) is 0 Å². The van der Waals surface area contributed by atoms with E-state index >= 15 is 0 Å². The normalized spacial score (nSPS) is 11.3. The van der Waals surface area contributed by atoms with Crippen LogP contribution in [0, 0.1) is 0 Å². The van der Waals surface area contributed by atoms with E-state index in [1.54, 1.807) is 23.8 Å². The van der Waals surface area contributed by atoms with Gasteiger partial charge in [0.2, 0.25) is 0 Å². The lowest BCUT2D eigenvalue weighted by molar-refractivity contribution is 0.560. The van der Waals surface area contributed by atoms with E-state index < -0.39 is 0 Å². The van der Waals surface area contributed by atoms with Crippen LogP contribution in [0.25, 0.3) is 20.7 Å². The molecule has 5 nitrogen and oxygen atoms in total. The fourth-order valence-corrected chi connectivity index (χ4v) is 3.26. The molecule has 0 spiro atoms. The highest BCUT2D eigenvalue weighted by Crippen LogP contribution is 2.35. The first-order valence-electron chi connectivity index (χ1n) is 7.03. The molecular weight excluding hydrogens is 308 g/mol. The molecule has 23 heavy (non-hydrogen) atoms. The highest BCUT2D eigenvalue weighted by Gasteiger charge is 2.09. The minimum Gasteiger partial charge on any atom is -0.463 e.